The number of rotatable bonds is 7. The van der Waals surface area contributed by atoms with Crippen LogP contribution in [-0.4, -0.2) is 27.5 Å². The van der Waals surface area contributed by atoms with Gasteiger partial charge in [-0.3, -0.25) is 4.79 Å². The Hall–Kier alpha value is -2.38. The fraction of sp³-hybridized carbons (Fsp3) is 0.350. The maximum atomic E-state index is 13.1. The lowest BCUT2D eigenvalue weighted by atomic mass is 10.1. The van der Waals surface area contributed by atoms with Crippen LogP contribution < -0.4 is 14.8 Å². The number of sulfonamides is 1. The van der Waals surface area contributed by atoms with Crippen molar-refractivity contribution >= 4 is 15.9 Å². The number of benzene rings is 2. The number of carbonyl (C=O) groups excluding carboxylic acids is 1. The fourth-order valence-electron chi connectivity index (χ4n) is 2.64. The summed E-state index contributed by atoms with van der Waals surface area (Å²) >= 11 is 0. The van der Waals surface area contributed by atoms with Crippen molar-refractivity contribution in [2.75, 3.05) is 7.11 Å². The molecular formula is C20H26N2O4S. The summed E-state index contributed by atoms with van der Waals surface area (Å²) in [7, 11) is -2.59. The van der Waals surface area contributed by atoms with Crippen molar-refractivity contribution in [2.45, 2.75) is 44.7 Å². The highest BCUT2D eigenvalue weighted by Crippen LogP contribution is 2.28. The Balaban J connectivity index is 2.47. The summed E-state index contributed by atoms with van der Waals surface area (Å²) in [5, 5.41) is 2.77. The van der Waals surface area contributed by atoms with Gasteiger partial charge < -0.3 is 10.1 Å². The second-order valence-electron chi connectivity index (χ2n) is 6.72. The molecule has 27 heavy (non-hydrogen) atoms. The third kappa shape index (κ3) is 5.08. The summed E-state index contributed by atoms with van der Waals surface area (Å²) in [4.78, 5) is 12.7. The zero-order valence-electron chi connectivity index (χ0n) is 16.2. The Morgan fingerprint density at radius 2 is 1.63 bits per heavy atom. The first-order valence-electron chi connectivity index (χ1n) is 8.68. The largest absolute Gasteiger partial charge is 0.495 e. The molecule has 2 aromatic carbocycles. The first kappa shape index (κ1) is 20.9. The smallest absolute Gasteiger partial charge is 0.245 e. The van der Waals surface area contributed by atoms with Crippen LogP contribution in [0.3, 0.4) is 0 Å². The van der Waals surface area contributed by atoms with Gasteiger partial charge in [0.15, 0.2) is 0 Å². The van der Waals surface area contributed by atoms with Crippen LogP contribution in [0, 0.1) is 13.8 Å². The number of ether oxygens (including phenoxy) is 1. The molecule has 1 atom stereocenters. The highest BCUT2D eigenvalue weighted by atomic mass is 32.2. The normalized spacial score (nSPS) is 12.7. The minimum absolute atomic E-state index is 0.00591. The maximum absolute atomic E-state index is 13.1. The predicted octanol–water partition coefficient (Wildman–Crippen LogP) is 2.86. The zero-order chi connectivity index (χ0) is 20.2. The molecule has 2 aromatic rings. The van der Waals surface area contributed by atoms with Gasteiger partial charge in [-0.25, -0.2) is 8.42 Å². The summed E-state index contributed by atoms with van der Waals surface area (Å²) in [6.07, 6.45) is 0. The average molecular weight is 391 g/mol. The average Bonchev–Trinajstić information content (AvgIpc) is 2.61. The number of nitrogens with one attached hydrogen (secondary N) is 2. The van der Waals surface area contributed by atoms with Crippen LogP contribution >= 0.6 is 0 Å². The number of hydrogen-bond donors (Lipinski definition) is 2. The lowest BCUT2D eigenvalue weighted by Crippen LogP contribution is -2.42. The third-order valence-corrected chi connectivity index (χ3v) is 5.61. The Labute approximate surface area is 161 Å². The Bertz CT molecular complexity index is 909. The molecule has 0 aliphatic rings. The van der Waals surface area contributed by atoms with Gasteiger partial charge in [0.1, 0.15) is 16.7 Å². The fourth-order valence-corrected chi connectivity index (χ4v) is 4.06. The first-order valence-corrected chi connectivity index (χ1v) is 10.2. The number of methoxy groups -OCH3 is 1. The molecule has 0 aliphatic carbocycles. The van der Waals surface area contributed by atoms with Crippen LogP contribution in [-0.2, 0) is 14.8 Å². The van der Waals surface area contributed by atoms with Crippen LogP contribution in [0.5, 0.6) is 5.75 Å². The van der Waals surface area contributed by atoms with E-state index >= 15 is 0 Å². The van der Waals surface area contributed by atoms with Gasteiger partial charge in [0.05, 0.1) is 7.11 Å². The molecule has 2 N–H and O–H groups in total. The van der Waals surface area contributed by atoms with Gasteiger partial charge in [0.2, 0.25) is 15.9 Å². The van der Waals surface area contributed by atoms with Crippen LogP contribution in [0.2, 0.25) is 0 Å². The molecule has 0 unspecified atom stereocenters. The highest BCUT2D eigenvalue weighted by Gasteiger charge is 2.29. The Kier molecular flexibility index (Phi) is 6.62. The lowest BCUT2D eigenvalue weighted by Gasteiger charge is -2.21. The molecule has 0 aromatic heterocycles. The van der Waals surface area contributed by atoms with E-state index in [1.807, 2.05) is 33.8 Å². The van der Waals surface area contributed by atoms with Gasteiger partial charge in [-0.2, -0.15) is 4.72 Å². The van der Waals surface area contributed by atoms with E-state index in [2.05, 4.69) is 10.0 Å². The molecule has 0 aliphatic heterocycles. The minimum atomic E-state index is -4.01. The van der Waals surface area contributed by atoms with E-state index in [1.54, 1.807) is 36.4 Å². The van der Waals surface area contributed by atoms with Crippen molar-refractivity contribution in [3.8, 4) is 5.75 Å². The Morgan fingerprint density at radius 3 is 2.19 bits per heavy atom. The van der Waals surface area contributed by atoms with Gasteiger partial charge in [-0.05, 0) is 56.5 Å². The van der Waals surface area contributed by atoms with Crippen molar-refractivity contribution in [3.05, 3.63) is 59.2 Å². The highest BCUT2D eigenvalue weighted by molar-refractivity contribution is 7.89. The lowest BCUT2D eigenvalue weighted by molar-refractivity contribution is -0.123. The van der Waals surface area contributed by atoms with E-state index in [0.717, 1.165) is 11.1 Å². The van der Waals surface area contributed by atoms with Gasteiger partial charge in [-0.15, -0.1) is 0 Å². The van der Waals surface area contributed by atoms with E-state index in [4.69, 9.17) is 4.74 Å². The molecule has 1 amide bonds. The van der Waals surface area contributed by atoms with Crippen LogP contribution in [0.15, 0.2) is 47.4 Å². The standard InChI is InChI=1S/C20H26N2O4S/c1-13(2)21-20(23)19(16-9-7-6-8-10-16)22-27(24,25)18-12-15(4)14(3)11-17(18)26-5/h6-13,19,22H,1-5H3,(H,21,23)/t19-/m0/s1. The number of hydrogen-bond acceptors (Lipinski definition) is 4. The van der Waals surface area contributed by atoms with Crippen molar-refractivity contribution < 1.29 is 17.9 Å². The van der Waals surface area contributed by atoms with Crippen LogP contribution in [0.4, 0.5) is 0 Å². The molecule has 0 heterocycles. The summed E-state index contributed by atoms with van der Waals surface area (Å²) in [6.45, 7) is 7.35. The van der Waals surface area contributed by atoms with Crippen molar-refractivity contribution in [1.29, 1.82) is 0 Å². The molecule has 6 nitrogen and oxygen atoms in total. The third-order valence-electron chi connectivity index (χ3n) is 4.17. The quantitative estimate of drug-likeness (QED) is 0.761. The molecule has 0 radical (unpaired) electrons. The molecular weight excluding hydrogens is 364 g/mol. The molecule has 0 spiro atoms. The Morgan fingerprint density at radius 1 is 1.04 bits per heavy atom. The first-order chi connectivity index (χ1) is 12.7. The minimum Gasteiger partial charge on any atom is -0.495 e. The van der Waals surface area contributed by atoms with Gasteiger partial charge in [0, 0.05) is 6.04 Å². The molecule has 0 saturated heterocycles. The number of carbonyl (C=O) groups is 1. The monoisotopic (exact) mass is 390 g/mol. The van der Waals surface area contributed by atoms with Crippen molar-refractivity contribution in [1.82, 2.24) is 10.0 Å². The van der Waals surface area contributed by atoms with E-state index in [9.17, 15) is 13.2 Å². The summed E-state index contributed by atoms with van der Waals surface area (Å²) in [5.41, 5.74) is 2.30. The molecule has 0 saturated carbocycles. The van der Waals surface area contributed by atoms with E-state index in [0.29, 0.717) is 5.56 Å². The maximum Gasteiger partial charge on any atom is 0.245 e. The summed E-state index contributed by atoms with van der Waals surface area (Å²) < 4.78 is 33.9. The van der Waals surface area contributed by atoms with Gasteiger partial charge >= 0.3 is 0 Å². The second-order valence-corrected chi connectivity index (χ2v) is 8.40. The number of aryl methyl sites for hydroxylation is 2. The predicted molar refractivity (Wildman–Crippen MR) is 105 cm³/mol. The van der Waals surface area contributed by atoms with Gasteiger partial charge in [-0.1, -0.05) is 30.3 Å². The topological polar surface area (TPSA) is 84.5 Å². The van der Waals surface area contributed by atoms with E-state index < -0.39 is 22.0 Å². The van der Waals surface area contributed by atoms with E-state index in [1.165, 1.54) is 7.11 Å². The SMILES string of the molecule is COc1cc(C)c(C)cc1S(=O)(=O)N[C@H](C(=O)NC(C)C)c1ccccc1. The molecule has 0 bridgehead atoms. The number of amides is 1. The molecule has 7 heteroatoms. The van der Waals surface area contributed by atoms with Crippen LogP contribution in [0.1, 0.15) is 36.6 Å². The van der Waals surface area contributed by atoms with Crippen molar-refractivity contribution in [3.63, 3.8) is 0 Å². The van der Waals surface area contributed by atoms with Gasteiger partial charge in [0.25, 0.3) is 0 Å². The molecule has 2 rings (SSSR count). The van der Waals surface area contributed by atoms with Crippen LogP contribution in [0.25, 0.3) is 0 Å². The molecule has 0 fully saturated rings. The zero-order valence-corrected chi connectivity index (χ0v) is 17.1. The molecule has 146 valence electrons. The van der Waals surface area contributed by atoms with Crippen molar-refractivity contribution in [2.24, 2.45) is 0 Å². The van der Waals surface area contributed by atoms with E-state index in [-0.39, 0.29) is 16.7 Å². The summed E-state index contributed by atoms with van der Waals surface area (Å²) in [5.74, 6) is -0.177. The summed E-state index contributed by atoms with van der Waals surface area (Å²) in [6, 6.07) is 10.8. The second kappa shape index (κ2) is 8.54.